The van der Waals surface area contributed by atoms with Crippen LogP contribution < -0.4 is 5.73 Å². The zero-order chi connectivity index (χ0) is 12.8. The second kappa shape index (κ2) is 6.86. The van der Waals surface area contributed by atoms with Gasteiger partial charge in [0.2, 0.25) is 0 Å². The van der Waals surface area contributed by atoms with Gasteiger partial charge in [0.25, 0.3) is 0 Å². The van der Waals surface area contributed by atoms with E-state index in [1.165, 1.54) is 32.1 Å². The van der Waals surface area contributed by atoms with E-state index < -0.39 is 0 Å². The Kier molecular flexibility index (Phi) is 5.14. The van der Waals surface area contributed by atoms with Gasteiger partial charge in [-0.1, -0.05) is 32.3 Å². The van der Waals surface area contributed by atoms with Gasteiger partial charge in [-0.3, -0.25) is 4.98 Å². The number of aromatic nitrogens is 1. The van der Waals surface area contributed by atoms with Crippen molar-refractivity contribution in [3.63, 3.8) is 0 Å². The molecule has 2 N–H and O–H groups in total. The fourth-order valence-corrected chi connectivity index (χ4v) is 2.84. The number of nitrogens with zero attached hydrogens (tertiary/aromatic N) is 1. The van der Waals surface area contributed by atoms with Gasteiger partial charge in [0.1, 0.15) is 6.10 Å². The number of hydrogen-bond acceptors (Lipinski definition) is 3. The SMILES string of the molecule is CCC1CCCCC1OC(CN)c1ccccn1. The number of pyridine rings is 1. The van der Waals surface area contributed by atoms with E-state index in [0.29, 0.717) is 18.6 Å². The van der Waals surface area contributed by atoms with Crippen LogP contribution in [0.3, 0.4) is 0 Å². The molecular weight excluding hydrogens is 224 g/mol. The second-order valence-electron chi connectivity index (χ2n) is 5.11. The topological polar surface area (TPSA) is 48.1 Å². The van der Waals surface area contributed by atoms with Crippen LogP contribution >= 0.6 is 0 Å². The third kappa shape index (κ3) is 3.30. The van der Waals surface area contributed by atoms with Crippen molar-refractivity contribution in [2.45, 2.75) is 51.2 Å². The molecule has 1 saturated carbocycles. The van der Waals surface area contributed by atoms with E-state index in [1.807, 2.05) is 18.2 Å². The van der Waals surface area contributed by atoms with E-state index in [2.05, 4.69) is 11.9 Å². The first kappa shape index (κ1) is 13.5. The lowest BCUT2D eigenvalue weighted by atomic mass is 9.84. The molecule has 1 fully saturated rings. The standard InChI is InChI=1S/C15H24N2O/c1-2-12-7-3-4-9-14(12)18-15(11-16)13-8-5-6-10-17-13/h5-6,8,10,12,14-15H,2-4,7,9,11,16H2,1H3. The summed E-state index contributed by atoms with van der Waals surface area (Å²) in [5, 5.41) is 0. The van der Waals surface area contributed by atoms with Crippen LogP contribution in [0, 0.1) is 5.92 Å². The van der Waals surface area contributed by atoms with Gasteiger partial charge in [0, 0.05) is 12.7 Å². The minimum absolute atomic E-state index is 0.0525. The van der Waals surface area contributed by atoms with E-state index in [0.717, 1.165) is 5.69 Å². The Morgan fingerprint density at radius 1 is 1.39 bits per heavy atom. The summed E-state index contributed by atoms with van der Waals surface area (Å²) >= 11 is 0. The molecule has 0 aromatic carbocycles. The molecule has 1 aliphatic rings. The highest BCUT2D eigenvalue weighted by molar-refractivity contribution is 5.07. The quantitative estimate of drug-likeness (QED) is 0.871. The molecule has 0 bridgehead atoms. The molecule has 1 aromatic rings. The van der Waals surface area contributed by atoms with E-state index in [9.17, 15) is 0 Å². The maximum Gasteiger partial charge on any atom is 0.112 e. The zero-order valence-electron chi connectivity index (χ0n) is 11.2. The van der Waals surface area contributed by atoms with E-state index in [-0.39, 0.29) is 6.10 Å². The Hall–Kier alpha value is -0.930. The minimum atomic E-state index is -0.0525. The Bertz CT molecular complexity index is 342. The molecule has 3 heteroatoms. The van der Waals surface area contributed by atoms with E-state index >= 15 is 0 Å². The number of rotatable bonds is 5. The van der Waals surface area contributed by atoms with Crippen LogP contribution in [0.5, 0.6) is 0 Å². The fraction of sp³-hybridized carbons (Fsp3) is 0.667. The van der Waals surface area contributed by atoms with Crippen molar-refractivity contribution in [2.24, 2.45) is 11.7 Å². The second-order valence-corrected chi connectivity index (χ2v) is 5.11. The normalized spacial score (nSPS) is 25.9. The molecule has 3 unspecified atom stereocenters. The van der Waals surface area contributed by atoms with Crippen molar-refractivity contribution < 1.29 is 4.74 Å². The average molecular weight is 248 g/mol. The first-order chi connectivity index (χ1) is 8.85. The number of hydrogen-bond donors (Lipinski definition) is 1. The Morgan fingerprint density at radius 2 is 2.22 bits per heavy atom. The molecule has 100 valence electrons. The molecule has 3 atom stereocenters. The highest BCUT2D eigenvalue weighted by atomic mass is 16.5. The Morgan fingerprint density at radius 3 is 2.89 bits per heavy atom. The molecule has 0 amide bonds. The van der Waals surface area contributed by atoms with Crippen LogP contribution in [0.4, 0.5) is 0 Å². The largest absolute Gasteiger partial charge is 0.367 e. The molecule has 0 radical (unpaired) electrons. The van der Waals surface area contributed by atoms with Crippen molar-refractivity contribution in [3.05, 3.63) is 30.1 Å². The maximum atomic E-state index is 6.24. The van der Waals surface area contributed by atoms with Crippen molar-refractivity contribution >= 4 is 0 Å². The molecule has 18 heavy (non-hydrogen) atoms. The highest BCUT2D eigenvalue weighted by Crippen LogP contribution is 2.32. The maximum absolute atomic E-state index is 6.24. The summed E-state index contributed by atoms with van der Waals surface area (Å²) in [6.45, 7) is 2.76. The minimum Gasteiger partial charge on any atom is -0.367 e. The predicted octanol–water partition coefficient (Wildman–Crippen LogP) is 3.07. The number of nitrogens with two attached hydrogens (primary N) is 1. The summed E-state index contributed by atoms with van der Waals surface area (Å²) in [5.41, 5.74) is 6.80. The molecule has 1 heterocycles. The van der Waals surface area contributed by atoms with Gasteiger partial charge >= 0.3 is 0 Å². The molecular formula is C15H24N2O. The third-order valence-corrected chi connectivity index (χ3v) is 3.93. The van der Waals surface area contributed by atoms with Crippen molar-refractivity contribution in [2.75, 3.05) is 6.54 Å². The first-order valence-electron chi connectivity index (χ1n) is 7.11. The highest BCUT2D eigenvalue weighted by Gasteiger charge is 2.27. The van der Waals surface area contributed by atoms with Gasteiger partial charge < -0.3 is 10.5 Å². The summed E-state index contributed by atoms with van der Waals surface area (Å²) in [5.74, 6) is 0.691. The van der Waals surface area contributed by atoms with Crippen LogP contribution in [0.1, 0.15) is 50.8 Å². The monoisotopic (exact) mass is 248 g/mol. The van der Waals surface area contributed by atoms with Gasteiger partial charge in [-0.2, -0.15) is 0 Å². The van der Waals surface area contributed by atoms with Gasteiger partial charge in [-0.05, 0) is 30.9 Å². The first-order valence-corrected chi connectivity index (χ1v) is 7.11. The lowest BCUT2D eigenvalue weighted by Crippen LogP contribution is -2.31. The van der Waals surface area contributed by atoms with Crippen LogP contribution in [0.15, 0.2) is 24.4 Å². The molecule has 3 nitrogen and oxygen atoms in total. The van der Waals surface area contributed by atoms with Crippen LogP contribution in [-0.4, -0.2) is 17.6 Å². The van der Waals surface area contributed by atoms with Gasteiger partial charge in [0.05, 0.1) is 11.8 Å². The van der Waals surface area contributed by atoms with Crippen LogP contribution in [0.25, 0.3) is 0 Å². The third-order valence-electron chi connectivity index (χ3n) is 3.93. The smallest absolute Gasteiger partial charge is 0.112 e. The molecule has 0 aliphatic heterocycles. The molecule has 0 saturated heterocycles. The summed E-state index contributed by atoms with van der Waals surface area (Å²) in [7, 11) is 0. The number of ether oxygens (including phenoxy) is 1. The summed E-state index contributed by atoms with van der Waals surface area (Å²) in [4.78, 5) is 4.36. The fourth-order valence-electron chi connectivity index (χ4n) is 2.84. The summed E-state index contributed by atoms with van der Waals surface area (Å²) in [6, 6.07) is 5.92. The lowest BCUT2D eigenvalue weighted by Gasteiger charge is -2.33. The van der Waals surface area contributed by atoms with Crippen LogP contribution in [-0.2, 0) is 4.74 Å². The van der Waals surface area contributed by atoms with Crippen LogP contribution in [0.2, 0.25) is 0 Å². The lowest BCUT2D eigenvalue weighted by molar-refractivity contribution is -0.0602. The van der Waals surface area contributed by atoms with Gasteiger partial charge in [0.15, 0.2) is 0 Å². The summed E-state index contributed by atoms with van der Waals surface area (Å²) in [6.07, 6.45) is 8.39. The predicted molar refractivity (Wildman–Crippen MR) is 73.2 cm³/mol. The molecule has 1 aliphatic carbocycles. The molecule has 0 spiro atoms. The Labute approximate surface area is 110 Å². The van der Waals surface area contributed by atoms with Crippen molar-refractivity contribution in [1.29, 1.82) is 0 Å². The molecule has 2 rings (SSSR count). The average Bonchev–Trinajstić information content (AvgIpc) is 2.46. The van der Waals surface area contributed by atoms with E-state index in [1.54, 1.807) is 6.20 Å². The van der Waals surface area contributed by atoms with E-state index in [4.69, 9.17) is 10.5 Å². The Balaban J connectivity index is 2.01. The zero-order valence-corrected chi connectivity index (χ0v) is 11.2. The van der Waals surface area contributed by atoms with Gasteiger partial charge in [-0.15, -0.1) is 0 Å². The van der Waals surface area contributed by atoms with Crippen molar-refractivity contribution in [1.82, 2.24) is 4.98 Å². The summed E-state index contributed by atoms with van der Waals surface area (Å²) < 4.78 is 6.24. The van der Waals surface area contributed by atoms with Crippen molar-refractivity contribution in [3.8, 4) is 0 Å². The molecule has 1 aromatic heterocycles. The van der Waals surface area contributed by atoms with Gasteiger partial charge in [-0.25, -0.2) is 0 Å².